The van der Waals surface area contributed by atoms with E-state index in [0.717, 1.165) is 35.8 Å². The van der Waals surface area contributed by atoms with Gasteiger partial charge in [0.2, 0.25) is 0 Å². The molecule has 0 aliphatic carbocycles. The predicted octanol–water partition coefficient (Wildman–Crippen LogP) is 5.93. The van der Waals surface area contributed by atoms with Crippen molar-refractivity contribution in [2.45, 2.75) is 26.2 Å². The van der Waals surface area contributed by atoms with Gasteiger partial charge in [0.25, 0.3) is 0 Å². The zero-order valence-corrected chi connectivity index (χ0v) is 18.7. The second-order valence-corrected chi connectivity index (χ2v) is 7.57. The molecule has 3 aromatic carbocycles. The molecule has 0 heterocycles. The molecule has 0 spiro atoms. The molecule has 6 heteroatoms. The smallest absolute Gasteiger partial charge is 0.335 e. The van der Waals surface area contributed by atoms with Crippen LogP contribution in [0.2, 0.25) is 0 Å². The van der Waals surface area contributed by atoms with Crippen LogP contribution in [0.25, 0.3) is 10.8 Å². The summed E-state index contributed by atoms with van der Waals surface area (Å²) in [6.45, 7) is 6.52. The number of carboxylic acid groups (broad SMARTS) is 1. The molecule has 3 aromatic rings. The Morgan fingerprint density at radius 1 is 0.879 bits per heavy atom. The Kier molecular flexibility index (Phi) is 8.47. The Morgan fingerprint density at radius 3 is 2.24 bits per heavy atom. The Hall–Kier alpha value is -3.80. The zero-order valence-electron chi connectivity index (χ0n) is 18.7. The van der Waals surface area contributed by atoms with Crippen LogP contribution >= 0.6 is 0 Å². The van der Waals surface area contributed by atoms with Crippen molar-refractivity contribution in [2.75, 3.05) is 19.8 Å². The van der Waals surface area contributed by atoms with Crippen LogP contribution in [0.15, 0.2) is 67.3 Å². The number of rotatable bonds is 13. The van der Waals surface area contributed by atoms with E-state index in [4.69, 9.17) is 19.3 Å². The number of carbonyl (C=O) groups is 2. The van der Waals surface area contributed by atoms with Crippen LogP contribution in [0.1, 0.15) is 46.9 Å². The quantitative estimate of drug-likeness (QED) is 0.198. The number of carboxylic acids is 1. The summed E-state index contributed by atoms with van der Waals surface area (Å²) in [6.07, 6.45) is 4.24. The minimum Gasteiger partial charge on any atom is -0.494 e. The monoisotopic (exact) mass is 448 g/mol. The van der Waals surface area contributed by atoms with Gasteiger partial charge in [0.15, 0.2) is 5.78 Å². The van der Waals surface area contributed by atoms with Crippen molar-refractivity contribution in [1.82, 2.24) is 0 Å². The molecule has 0 radical (unpaired) electrons. The largest absolute Gasteiger partial charge is 0.494 e. The molecule has 0 unspecified atom stereocenters. The zero-order chi connectivity index (χ0) is 23.6. The van der Waals surface area contributed by atoms with Crippen molar-refractivity contribution in [3.05, 3.63) is 78.4 Å². The van der Waals surface area contributed by atoms with Gasteiger partial charge in [-0.1, -0.05) is 30.9 Å². The van der Waals surface area contributed by atoms with Crippen molar-refractivity contribution in [1.29, 1.82) is 0 Å². The van der Waals surface area contributed by atoms with Gasteiger partial charge in [-0.3, -0.25) is 4.79 Å². The van der Waals surface area contributed by atoms with Gasteiger partial charge >= 0.3 is 5.97 Å². The lowest BCUT2D eigenvalue weighted by Gasteiger charge is -2.14. The summed E-state index contributed by atoms with van der Waals surface area (Å²) in [4.78, 5) is 23.1. The van der Waals surface area contributed by atoms with E-state index in [1.165, 1.54) is 6.92 Å². The number of fused-ring (bicyclic) bond motifs is 1. The molecule has 0 aromatic heterocycles. The third-order valence-corrected chi connectivity index (χ3v) is 5.07. The van der Waals surface area contributed by atoms with Gasteiger partial charge < -0.3 is 19.3 Å². The number of carbonyl (C=O) groups excluding carboxylic acids is 1. The first-order chi connectivity index (χ1) is 16.0. The molecular formula is C27H28O6. The summed E-state index contributed by atoms with van der Waals surface area (Å²) in [5.74, 6) is 0.745. The van der Waals surface area contributed by atoms with Crippen LogP contribution in [-0.4, -0.2) is 36.7 Å². The van der Waals surface area contributed by atoms with Crippen LogP contribution in [0.5, 0.6) is 17.2 Å². The molecule has 0 aliphatic rings. The van der Waals surface area contributed by atoms with Crippen LogP contribution in [0.3, 0.4) is 0 Å². The average Bonchev–Trinajstić information content (AvgIpc) is 2.81. The molecule has 0 saturated heterocycles. The molecule has 0 aliphatic heterocycles. The molecule has 3 rings (SSSR count). The molecule has 0 amide bonds. The molecule has 0 bridgehead atoms. The van der Waals surface area contributed by atoms with Crippen molar-refractivity contribution in [3.8, 4) is 17.2 Å². The molecule has 0 atom stereocenters. The van der Waals surface area contributed by atoms with E-state index in [-0.39, 0.29) is 11.3 Å². The number of ether oxygens (including phenoxy) is 3. The van der Waals surface area contributed by atoms with Gasteiger partial charge in [0, 0.05) is 0 Å². The number of unbranched alkanes of at least 4 members (excludes halogenated alkanes) is 2. The SMILES string of the molecule is C=CCOc1cccc(OCCCCCOc2ccc3cc(C(=O)O)ccc3c2)c1C(C)=O. The lowest BCUT2D eigenvalue weighted by molar-refractivity contribution is 0.0696. The van der Waals surface area contributed by atoms with Gasteiger partial charge in [-0.2, -0.15) is 0 Å². The molecule has 33 heavy (non-hydrogen) atoms. The second-order valence-electron chi connectivity index (χ2n) is 7.57. The van der Waals surface area contributed by atoms with Gasteiger partial charge in [-0.25, -0.2) is 4.79 Å². The lowest BCUT2D eigenvalue weighted by Crippen LogP contribution is -2.07. The molecule has 6 nitrogen and oxygen atoms in total. The number of hydrogen-bond donors (Lipinski definition) is 1. The fraction of sp³-hybridized carbons (Fsp3) is 0.259. The Morgan fingerprint density at radius 2 is 1.55 bits per heavy atom. The van der Waals surface area contributed by atoms with Crippen LogP contribution in [0.4, 0.5) is 0 Å². The third kappa shape index (κ3) is 6.59. The maximum absolute atomic E-state index is 12.1. The molecule has 172 valence electrons. The Bertz CT molecular complexity index is 1130. The van der Waals surface area contributed by atoms with Crippen LogP contribution in [-0.2, 0) is 0 Å². The van der Waals surface area contributed by atoms with E-state index < -0.39 is 5.97 Å². The minimum absolute atomic E-state index is 0.104. The van der Waals surface area contributed by atoms with E-state index in [0.29, 0.717) is 36.9 Å². The third-order valence-electron chi connectivity index (χ3n) is 5.07. The van der Waals surface area contributed by atoms with Crippen molar-refractivity contribution in [2.24, 2.45) is 0 Å². The van der Waals surface area contributed by atoms with E-state index in [2.05, 4.69) is 6.58 Å². The first kappa shape index (κ1) is 23.9. The highest BCUT2D eigenvalue weighted by atomic mass is 16.5. The topological polar surface area (TPSA) is 82.1 Å². The van der Waals surface area contributed by atoms with Gasteiger partial charge in [-0.15, -0.1) is 0 Å². The van der Waals surface area contributed by atoms with E-state index in [1.54, 1.807) is 42.5 Å². The molecule has 0 fully saturated rings. The summed E-state index contributed by atoms with van der Waals surface area (Å²) >= 11 is 0. The normalized spacial score (nSPS) is 10.6. The minimum atomic E-state index is -0.938. The predicted molar refractivity (Wildman–Crippen MR) is 128 cm³/mol. The number of hydrogen-bond acceptors (Lipinski definition) is 5. The number of Topliss-reactive ketones (excluding diaryl/α,β-unsaturated/α-hetero) is 1. The highest BCUT2D eigenvalue weighted by Gasteiger charge is 2.15. The molecular weight excluding hydrogens is 420 g/mol. The van der Waals surface area contributed by atoms with E-state index in [1.807, 2.05) is 18.2 Å². The van der Waals surface area contributed by atoms with Gasteiger partial charge in [0.05, 0.1) is 18.8 Å². The maximum atomic E-state index is 12.1. The van der Waals surface area contributed by atoms with Crippen molar-refractivity contribution < 1.29 is 28.9 Å². The number of aromatic carboxylic acids is 1. The standard InChI is InChI=1S/C27H28O6/c1-3-14-32-24-8-7-9-25(26(24)19(2)28)33-16-6-4-5-15-31-23-13-12-20-17-22(27(29)30)11-10-21(20)18-23/h3,7-13,17-18H,1,4-6,14-16H2,2H3,(H,29,30). The Balaban J connectivity index is 1.43. The summed E-state index contributed by atoms with van der Waals surface area (Å²) in [5.41, 5.74) is 0.722. The van der Waals surface area contributed by atoms with Crippen molar-refractivity contribution in [3.63, 3.8) is 0 Å². The van der Waals surface area contributed by atoms with Crippen LogP contribution in [0, 0.1) is 0 Å². The van der Waals surface area contributed by atoms with E-state index >= 15 is 0 Å². The molecule has 0 saturated carbocycles. The first-order valence-corrected chi connectivity index (χ1v) is 10.9. The fourth-order valence-corrected chi connectivity index (χ4v) is 3.45. The highest BCUT2D eigenvalue weighted by Crippen LogP contribution is 2.29. The van der Waals surface area contributed by atoms with E-state index in [9.17, 15) is 9.59 Å². The fourth-order valence-electron chi connectivity index (χ4n) is 3.45. The number of ketones is 1. The summed E-state index contributed by atoms with van der Waals surface area (Å²) in [7, 11) is 0. The first-order valence-electron chi connectivity index (χ1n) is 10.9. The van der Waals surface area contributed by atoms with Gasteiger partial charge in [-0.05, 0) is 73.4 Å². The second kappa shape index (κ2) is 11.7. The lowest BCUT2D eigenvalue weighted by atomic mass is 10.1. The van der Waals surface area contributed by atoms with Crippen molar-refractivity contribution >= 4 is 22.5 Å². The Labute approximate surface area is 193 Å². The summed E-state index contributed by atoms with van der Waals surface area (Å²) in [6, 6.07) is 16.0. The summed E-state index contributed by atoms with van der Waals surface area (Å²) in [5, 5.41) is 10.9. The highest BCUT2D eigenvalue weighted by molar-refractivity contribution is 5.99. The van der Waals surface area contributed by atoms with Crippen LogP contribution < -0.4 is 14.2 Å². The average molecular weight is 449 g/mol. The summed E-state index contributed by atoms with van der Waals surface area (Å²) < 4.78 is 17.3. The maximum Gasteiger partial charge on any atom is 0.335 e. The molecule has 1 N–H and O–H groups in total. The number of benzene rings is 3. The van der Waals surface area contributed by atoms with Gasteiger partial charge in [0.1, 0.15) is 29.4 Å².